The number of halogens is 2. The van der Waals surface area contributed by atoms with Crippen molar-refractivity contribution >= 4 is 0 Å². The zero-order valence-electron chi connectivity index (χ0n) is 11.7. The zero-order valence-corrected chi connectivity index (χ0v) is 11.7. The van der Waals surface area contributed by atoms with Crippen LogP contribution in [-0.2, 0) is 0 Å². The van der Waals surface area contributed by atoms with Gasteiger partial charge in [0.05, 0.1) is 0 Å². The lowest BCUT2D eigenvalue weighted by atomic mass is 9.89. The molecule has 0 bridgehead atoms. The summed E-state index contributed by atoms with van der Waals surface area (Å²) in [5.74, 6) is -0.370. The van der Waals surface area contributed by atoms with E-state index in [9.17, 15) is 8.78 Å². The van der Waals surface area contributed by atoms with Crippen LogP contribution in [0.25, 0.3) is 0 Å². The largest absolute Gasteiger partial charge is 0.314 e. The summed E-state index contributed by atoms with van der Waals surface area (Å²) in [5.41, 5.74) is 0.681. The third kappa shape index (κ3) is 2.86. The molecular weight excluding hydrogens is 258 g/mol. The molecule has 2 aliphatic rings. The number of piperazine rings is 1. The Morgan fingerprint density at radius 1 is 1.10 bits per heavy atom. The van der Waals surface area contributed by atoms with Gasteiger partial charge in [-0.1, -0.05) is 18.9 Å². The van der Waals surface area contributed by atoms with Gasteiger partial charge in [0.2, 0.25) is 0 Å². The van der Waals surface area contributed by atoms with Gasteiger partial charge in [-0.3, -0.25) is 4.90 Å². The Bertz CT molecular complexity index is 452. The van der Waals surface area contributed by atoms with Gasteiger partial charge >= 0.3 is 0 Å². The number of benzene rings is 1. The quantitative estimate of drug-likeness (QED) is 0.915. The summed E-state index contributed by atoms with van der Waals surface area (Å²) in [7, 11) is 0. The van der Waals surface area contributed by atoms with Gasteiger partial charge in [-0.2, -0.15) is 0 Å². The Kier molecular flexibility index (Phi) is 4.32. The molecule has 4 heteroatoms. The van der Waals surface area contributed by atoms with Gasteiger partial charge in [-0.15, -0.1) is 0 Å². The van der Waals surface area contributed by atoms with Crippen LogP contribution in [-0.4, -0.2) is 31.1 Å². The summed E-state index contributed by atoms with van der Waals surface area (Å²) in [6.07, 6.45) is 4.78. The standard InChI is InChI=1S/C16H22F2N2/c17-13-5-6-14(15(18)11-13)16(12-3-1-2-4-12)20-9-7-19-8-10-20/h5-6,11-12,16,19H,1-4,7-10H2/t16-/m1/s1. The van der Waals surface area contributed by atoms with Crippen molar-refractivity contribution in [3.63, 3.8) is 0 Å². The van der Waals surface area contributed by atoms with E-state index in [1.807, 2.05) is 0 Å². The fraction of sp³-hybridized carbons (Fsp3) is 0.625. The minimum absolute atomic E-state index is 0.111. The van der Waals surface area contributed by atoms with Crippen molar-refractivity contribution in [1.29, 1.82) is 0 Å². The second-order valence-corrected chi connectivity index (χ2v) is 5.94. The summed E-state index contributed by atoms with van der Waals surface area (Å²) in [6.45, 7) is 3.79. The number of nitrogens with one attached hydrogen (secondary N) is 1. The molecule has 2 nitrogen and oxygen atoms in total. The molecule has 1 aromatic carbocycles. The van der Waals surface area contributed by atoms with Gasteiger partial charge in [0, 0.05) is 43.9 Å². The highest BCUT2D eigenvalue weighted by atomic mass is 19.1. The summed E-state index contributed by atoms with van der Waals surface area (Å²) >= 11 is 0. The zero-order chi connectivity index (χ0) is 13.9. The maximum atomic E-state index is 14.2. The van der Waals surface area contributed by atoms with Gasteiger partial charge in [0.25, 0.3) is 0 Å². The Morgan fingerprint density at radius 2 is 1.80 bits per heavy atom. The molecule has 1 saturated carbocycles. The molecule has 3 rings (SSSR count). The minimum Gasteiger partial charge on any atom is -0.314 e. The van der Waals surface area contributed by atoms with Crippen molar-refractivity contribution in [2.75, 3.05) is 26.2 Å². The normalized spacial score (nSPS) is 23.1. The smallest absolute Gasteiger partial charge is 0.130 e. The van der Waals surface area contributed by atoms with Crippen LogP contribution in [0.3, 0.4) is 0 Å². The number of rotatable bonds is 3. The lowest BCUT2D eigenvalue weighted by Gasteiger charge is -2.38. The Morgan fingerprint density at radius 3 is 2.45 bits per heavy atom. The van der Waals surface area contributed by atoms with Gasteiger partial charge in [0.15, 0.2) is 0 Å². The fourth-order valence-electron chi connectivity index (χ4n) is 3.72. The van der Waals surface area contributed by atoms with Crippen molar-refractivity contribution in [3.05, 3.63) is 35.4 Å². The van der Waals surface area contributed by atoms with Crippen molar-refractivity contribution in [2.45, 2.75) is 31.7 Å². The van der Waals surface area contributed by atoms with Crippen molar-refractivity contribution < 1.29 is 8.78 Å². The maximum absolute atomic E-state index is 14.2. The van der Waals surface area contributed by atoms with Crippen LogP contribution in [0.1, 0.15) is 37.3 Å². The molecule has 0 spiro atoms. The average Bonchev–Trinajstić information content (AvgIpc) is 2.97. The van der Waals surface area contributed by atoms with Crippen LogP contribution in [0.15, 0.2) is 18.2 Å². The molecular formula is C16H22F2N2. The second-order valence-electron chi connectivity index (χ2n) is 5.94. The highest BCUT2D eigenvalue weighted by Gasteiger charge is 2.33. The van der Waals surface area contributed by atoms with Crippen LogP contribution in [0, 0.1) is 17.6 Å². The predicted octanol–water partition coefficient (Wildman–Crippen LogP) is 3.10. The van der Waals surface area contributed by atoms with E-state index in [-0.39, 0.29) is 11.9 Å². The second kappa shape index (κ2) is 6.19. The third-order valence-corrected chi connectivity index (χ3v) is 4.67. The van der Waals surface area contributed by atoms with Crippen LogP contribution in [0.2, 0.25) is 0 Å². The van der Waals surface area contributed by atoms with Gasteiger partial charge < -0.3 is 5.32 Å². The topological polar surface area (TPSA) is 15.3 Å². The maximum Gasteiger partial charge on any atom is 0.130 e. The molecule has 1 heterocycles. The summed E-state index contributed by atoms with van der Waals surface area (Å²) < 4.78 is 27.4. The molecule has 1 aromatic rings. The molecule has 2 fully saturated rings. The Hall–Kier alpha value is -1.00. The van der Waals surface area contributed by atoms with Gasteiger partial charge in [0.1, 0.15) is 11.6 Å². The highest BCUT2D eigenvalue weighted by molar-refractivity contribution is 5.23. The van der Waals surface area contributed by atoms with E-state index in [1.54, 1.807) is 6.07 Å². The third-order valence-electron chi connectivity index (χ3n) is 4.67. The van der Waals surface area contributed by atoms with Crippen LogP contribution >= 0.6 is 0 Å². The highest BCUT2D eigenvalue weighted by Crippen LogP contribution is 2.40. The Balaban J connectivity index is 1.90. The van der Waals surface area contributed by atoms with Crippen molar-refractivity contribution in [3.8, 4) is 0 Å². The summed E-state index contributed by atoms with van der Waals surface area (Å²) in [6, 6.07) is 4.18. The van der Waals surface area contributed by atoms with Gasteiger partial charge in [-0.05, 0) is 24.8 Å². The molecule has 0 radical (unpaired) electrons. The molecule has 0 amide bonds. The lowest BCUT2D eigenvalue weighted by Crippen LogP contribution is -2.46. The average molecular weight is 280 g/mol. The molecule has 20 heavy (non-hydrogen) atoms. The molecule has 0 aromatic heterocycles. The van der Waals surface area contributed by atoms with E-state index in [0.29, 0.717) is 11.5 Å². The van der Waals surface area contributed by atoms with E-state index in [4.69, 9.17) is 0 Å². The first kappa shape index (κ1) is 14.0. The minimum atomic E-state index is -0.489. The van der Waals surface area contributed by atoms with E-state index in [1.165, 1.54) is 18.9 Å². The molecule has 1 aliphatic heterocycles. The van der Waals surface area contributed by atoms with Crippen LogP contribution < -0.4 is 5.32 Å². The van der Waals surface area contributed by atoms with Gasteiger partial charge in [-0.25, -0.2) is 8.78 Å². The van der Waals surface area contributed by atoms with E-state index < -0.39 is 5.82 Å². The first-order chi connectivity index (χ1) is 9.75. The SMILES string of the molecule is Fc1ccc([C@@H](C2CCCC2)N2CCNCC2)c(F)c1. The molecule has 1 atom stereocenters. The fourth-order valence-corrected chi connectivity index (χ4v) is 3.72. The van der Waals surface area contributed by atoms with Crippen molar-refractivity contribution in [2.24, 2.45) is 5.92 Å². The monoisotopic (exact) mass is 280 g/mol. The molecule has 0 unspecified atom stereocenters. The number of nitrogens with zero attached hydrogens (tertiary/aromatic N) is 1. The van der Waals surface area contributed by atoms with E-state index in [2.05, 4.69) is 10.2 Å². The Labute approximate surface area is 119 Å². The first-order valence-corrected chi connectivity index (χ1v) is 7.65. The molecule has 110 valence electrons. The van der Waals surface area contributed by atoms with Crippen LogP contribution in [0.4, 0.5) is 8.78 Å². The molecule has 1 N–H and O–H groups in total. The predicted molar refractivity (Wildman–Crippen MR) is 75.5 cm³/mol. The molecule has 1 saturated heterocycles. The van der Waals surface area contributed by atoms with E-state index in [0.717, 1.165) is 45.1 Å². The summed E-state index contributed by atoms with van der Waals surface area (Å²) in [5, 5.41) is 3.34. The molecule has 1 aliphatic carbocycles. The van der Waals surface area contributed by atoms with E-state index >= 15 is 0 Å². The number of hydrogen-bond donors (Lipinski definition) is 1. The van der Waals surface area contributed by atoms with Crippen molar-refractivity contribution in [1.82, 2.24) is 10.2 Å². The van der Waals surface area contributed by atoms with Crippen LogP contribution in [0.5, 0.6) is 0 Å². The first-order valence-electron chi connectivity index (χ1n) is 7.65. The lowest BCUT2D eigenvalue weighted by molar-refractivity contribution is 0.122. The number of hydrogen-bond acceptors (Lipinski definition) is 2. The summed E-state index contributed by atoms with van der Waals surface area (Å²) in [4.78, 5) is 2.38.